The van der Waals surface area contributed by atoms with Gasteiger partial charge in [-0.1, -0.05) is 42.5 Å². The summed E-state index contributed by atoms with van der Waals surface area (Å²) in [6.45, 7) is 0.398. The molecule has 0 saturated heterocycles. The van der Waals surface area contributed by atoms with Gasteiger partial charge in [0.2, 0.25) is 0 Å². The van der Waals surface area contributed by atoms with Crippen molar-refractivity contribution in [3.05, 3.63) is 95.6 Å². The van der Waals surface area contributed by atoms with Gasteiger partial charge in [-0.2, -0.15) is 0 Å². The fourth-order valence-corrected chi connectivity index (χ4v) is 4.47. The van der Waals surface area contributed by atoms with Gasteiger partial charge < -0.3 is 5.32 Å². The number of amides is 1. The molecule has 0 radical (unpaired) electrons. The topological polar surface area (TPSA) is 76.1 Å². The van der Waals surface area contributed by atoms with Crippen LogP contribution in [-0.2, 0) is 16.4 Å². The maximum Gasteiger partial charge on any atom is 0.253 e. The third kappa shape index (κ3) is 5.07. The molecule has 0 atom stereocenters. The van der Waals surface area contributed by atoms with E-state index < -0.39 is 9.84 Å². The molecule has 0 fully saturated rings. The normalized spacial score (nSPS) is 11.3. The highest BCUT2D eigenvalue weighted by Gasteiger charge is 2.09. The van der Waals surface area contributed by atoms with Gasteiger partial charge >= 0.3 is 0 Å². The highest BCUT2D eigenvalue weighted by Crippen LogP contribution is 2.25. The van der Waals surface area contributed by atoms with Crippen molar-refractivity contribution in [2.75, 3.05) is 6.26 Å². The number of rotatable bonds is 6. The van der Waals surface area contributed by atoms with E-state index in [0.29, 0.717) is 17.0 Å². The van der Waals surface area contributed by atoms with Crippen molar-refractivity contribution in [1.29, 1.82) is 0 Å². The summed E-state index contributed by atoms with van der Waals surface area (Å²) in [5.74, 6) is -0.175. The number of carbonyl (C=O) groups is 1. The molecule has 4 rings (SSSR count). The van der Waals surface area contributed by atoms with Crippen LogP contribution >= 0.6 is 11.3 Å². The standard InChI is InChI=1S/C24H20N2O3S2/c1-31(28,29)22-10-8-19(9-11-22)18-6-4-17(5-7-18)14-26-24(27)21-13-20(15-25-16-21)23-3-2-12-30-23/h2-13,15-16H,14H2,1H3,(H,26,27). The van der Waals surface area contributed by atoms with Crippen molar-refractivity contribution in [3.63, 3.8) is 0 Å². The van der Waals surface area contributed by atoms with Gasteiger partial charge in [-0.05, 0) is 46.3 Å². The maximum atomic E-state index is 12.5. The van der Waals surface area contributed by atoms with Crippen molar-refractivity contribution in [2.45, 2.75) is 11.4 Å². The zero-order valence-electron chi connectivity index (χ0n) is 16.8. The second kappa shape index (κ2) is 8.83. The number of hydrogen-bond donors (Lipinski definition) is 1. The van der Waals surface area contributed by atoms with Crippen LogP contribution in [0.15, 0.2) is 89.4 Å². The molecule has 31 heavy (non-hydrogen) atoms. The molecule has 5 nitrogen and oxygen atoms in total. The number of carbonyl (C=O) groups excluding carboxylic acids is 1. The summed E-state index contributed by atoms with van der Waals surface area (Å²) in [5.41, 5.74) is 4.32. The minimum Gasteiger partial charge on any atom is -0.348 e. The fraction of sp³-hybridized carbons (Fsp3) is 0.0833. The number of thiophene rings is 1. The Labute approximate surface area is 185 Å². The molecule has 0 aliphatic carbocycles. The molecule has 0 aliphatic heterocycles. The summed E-state index contributed by atoms with van der Waals surface area (Å²) < 4.78 is 23.2. The Morgan fingerprint density at radius 3 is 2.23 bits per heavy atom. The van der Waals surface area contributed by atoms with E-state index in [1.54, 1.807) is 48.0 Å². The van der Waals surface area contributed by atoms with E-state index in [0.717, 1.165) is 27.1 Å². The van der Waals surface area contributed by atoms with Crippen LogP contribution in [0.5, 0.6) is 0 Å². The van der Waals surface area contributed by atoms with Crippen molar-refractivity contribution in [2.24, 2.45) is 0 Å². The van der Waals surface area contributed by atoms with E-state index in [9.17, 15) is 13.2 Å². The highest BCUT2D eigenvalue weighted by molar-refractivity contribution is 7.90. The zero-order chi connectivity index (χ0) is 21.8. The van der Waals surface area contributed by atoms with Crippen LogP contribution in [0, 0.1) is 0 Å². The van der Waals surface area contributed by atoms with Gasteiger partial charge in [0.15, 0.2) is 9.84 Å². The van der Waals surface area contributed by atoms with Gasteiger partial charge in [0.05, 0.1) is 10.5 Å². The molecule has 1 amide bonds. The van der Waals surface area contributed by atoms with Gasteiger partial charge in [-0.15, -0.1) is 11.3 Å². The van der Waals surface area contributed by atoms with E-state index in [4.69, 9.17) is 0 Å². The Morgan fingerprint density at radius 2 is 1.61 bits per heavy atom. The zero-order valence-corrected chi connectivity index (χ0v) is 18.4. The van der Waals surface area contributed by atoms with Crippen LogP contribution in [0.3, 0.4) is 0 Å². The first kappa shape index (κ1) is 21.0. The summed E-state index contributed by atoms with van der Waals surface area (Å²) in [7, 11) is -3.21. The van der Waals surface area contributed by atoms with Gasteiger partial charge in [-0.3, -0.25) is 9.78 Å². The van der Waals surface area contributed by atoms with E-state index in [1.807, 2.05) is 47.8 Å². The quantitative estimate of drug-likeness (QED) is 0.459. The monoisotopic (exact) mass is 448 g/mol. The minimum absolute atomic E-state index is 0.175. The molecule has 4 aromatic rings. The lowest BCUT2D eigenvalue weighted by Crippen LogP contribution is -2.22. The van der Waals surface area contributed by atoms with Gasteiger partial charge in [-0.25, -0.2) is 8.42 Å². The molecule has 2 aromatic heterocycles. The lowest BCUT2D eigenvalue weighted by molar-refractivity contribution is 0.0950. The van der Waals surface area contributed by atoms with Crippen LogP contribution in [0.1, 0.15) is 15.9 Å². The molecule has 1 N–H and O–H groups in total. The molecule has 7 heteroatoms. The Bertz CT molecular complexity index is 1300. The van der Waals surface area contributed by atoms with E-state index in [1.165, 1.54) is 6.26 Å². The molecule has 0 spiro atoms. The molecule has 2 heterocycles. The molecular formula is C24H20N2O3S2. The van der Waals surface area contributed by atoms with Crippen molar-refractivity contribution in [3.8, 4) is 21.6 Å². The van der Waals surface area contributed by atoms with Gasteiger partial charge in [0.1, 0.15) is 0 Å². The van der Waals surface area contributed by atoms with Crippen LogP contribution in [0.4, 0.5) is 0 Å². The molecular weight excluding hydrogens is 428 g/mol. The second-order valence-corrected chi connectivity index (χ2v) is 10.1. The summed E-state index contributed by atoms with van der Waals surface area (Å²) >= 11 is 1.61. The lowest BCUT2D eigenvalue weighted by atomic mass is 10.0. The summed E-state index contributed by atoms with van der Waals surface area (Å²) in [6.07, 6.45) is 4.51. The predicted molar refractivity (Wildman–Crippen MR) is 124 cm³/mol. The first-order valence-electron chi connectivity index (χ1n) is 9.57. The molecule has 0 saturated carbocycles. The molecule has 2 aromatic carbocycles. The molecule has 0 bridgehead atoms. The highest BCUT2D eigenvalue weighted by atomic mass is 32.2. The first-order valence-corrected chi connectivity index (χ1v) is 12.3. The SMILES string of the molecule is CS(=O)(=O)c1ccc(-c2ccc(CNC(=O)c3cncc(-c4cccs4)c3)cc2)cc1. The summed E-state index contributed by atoms with van der Waals surface area (Å²) in [6, 6.07) is 20.4. The third-order valence-corrected chi connectivity index (χ3v) is 6.88. The van der Waals surface area contributed by atoms with Crippen LogP contribution in [0.2, 0.25) is 0 Å². The number of aromatic nitrogens is 1. The summed E-state index contributed by atoms with van der Waals surface area (Å²) in [5, 5.41) is 4.92. The average molecular weight is 449 g/mol. The minimum atomic E-state index is -3.21. The van der Waals surface area contributed by atoms with E-state index in [-0.39, 0.29) is 5.91 Å². The lowest BCUT2D eigenvalue weighted by Gasteiger charge is -2.08. The molecule has 0 unspecified atom stereocenters. The fourth-order valence-electron chi connectivity index (χ4n) is 3.14. The van der Waals surface area contributed by atoms with Crippen molar-refractivity contribution in [1.82, 2.24) is 10.3 Å². The first-order chi connectivity index (χ1) is 14.9. The largest absolute Gasteiger partial charge is 0.348 e. The van der Waals surface area contributed by atoms with Gasteiger partial charge in [0.25, 0.3) is 5.91 Å². The maximum absolute atomic E-state index is 12.5. The van der Waals surface area contributed by atoms with Crippen molar-refractivity contribution < 1.29 is 13.2 Å². The van der Waals surface area contributed by atoms with E-state index >= 15 is 0 Å². The molecule has 156 valence electrons. The van der Waals surface area contributed by atoms with E-state index in [2.05, 4.69) is 10.3 Å². The smallest absolute Gasteiger partial charge is 0.253 e. The number of nitrogens with one attached hydrogen (secondary N) is 1. The number of nitrogens with zero attached hydrogens (tertiary/aromatic N) is 1. The van der Waals surface area contributed by atoms with Crippen molar-refractivity contribution >= 4 is 27.1 Å². The predicted octanol–water partition coefficient (Wildman–Crippen LogP) is 4.81. The Hall–Kier alpha value is -3.29. The average Bonchev–Trinajstić information content (AvgIpc) is 3.32. The number of sulfone groups is 1. The van der Waals surface area contributed by atoms with Crippen LogP contribution < -0.4 is 5.32 Å². The Kier molecular flexibility index (Phi) is 5.97. The van der Waals surface area contributed by atoms with Crippen LogP contribution in [-0.4, -0.2) is 25.6 Å². The summed E-state index contributed by atoms with van der Waals surface area (Å²) in [4.78, 5) is 18.1. The Morgan fingerprint density at radius 1 is 0.935 bits per heavy atom. The molecule has 0 aliphatic rings. The van der Waals surface area contributed by atoms with Crippen LogP contribution in [0.25, 0.3) is 21.6 Å². The number of pyridine rings is 1. The second-order valence-electron chi connectivity index (χ2n) is 7.12. The number of hydrogen-bond acceptors (Lipinski definition) is 5. The third-order valence-electron chi connectivity index (χ3n) is 4.83. The Balaban J connectivity index is 1.41. The van der Waals surface area contributed by atoms with Gasteiger partial charge in [0, 0.05) is 35.6 Å². The number of benzene rings is 2.